The molecule has 1 aromatic carbocycles. The van der Waals surface area contributed by atoms with Gasteiger partial charge in [0.2, 0.25) is 0 Å². The minimum absolute atomic E-state index is 0.578. The van der Waals surface area contributed by atoms with E-state index in [0.29, 0.717) is 6.07 Å². The van der Waals surface area contributed by atoms with Gasteiger partial charge in [-0.05, 0) is 12.1 Å². The van der Waals surface area contributed by atoms with Crippen molar-refractivity contribution in [2.45, 2.75) is 13.0 Å². The van der Waals surface area contributed by atoms with E-state index < -0.39 is 41.6 Å². The first-order valence-corrected chi connectivity index (χ1v) is 5.05. The highest BCUT2D eigenvalue weighted by atomic mass is 19.4. The molecule has 0 atom stereocenters. The number of carbonyl (C=O) groups is 1. The molecular weight excluding hydrogens is 305 g/mol. The van der Waals surface area contributed by atoms with Crippen molar-refractivity contribution < 1.29 is 41.0 Å². The molecule has 5 nitrogen and oxygen atoms in total. The van der Waals surface area contributed by atoms with Crippen LogP contribution in [0.5, 0.6) is 11.5 Å². The van der Waals surface area contributed by atoms with Crippen molar-refractivity contribution in [3.05, 3.63) is 23.3 Å². The van der Waals surface area contributed by atoms with Crippen LogP contribution in [0.1, 0.15) is 15.9 Å². The number of hydrogen-bond donors (Lipinski definition) is 0. The molecule has 0 bridgehead atoms. The number of halogens is 5. The van der Waals surface area contributed by atoms with Gasteiger partial charge in [-0.1, -0.05) is 0 Å². The Hall–Kier alpha value is -2.57. The lowest BCUT2D eigenvalue weighted by atomic mass is 10.1. The molecule has 0 saturated heterocycles. The van der Waals surface area contributed by atoms with Crippen LogP contribution >= 0.6 is 0 Å². The second-order valence-electron chi connectivity index (χ2n) is 3.35. The molecule has 0 aromatic heterocycles. The van der Waals surface area contributed by atoms with Gasteiger partial charge in [0.1, 0.15) is 17.4 Å². The molecule has 0 aliphatic heterocycles. The van der Waals surface area contributed by atoms with Crippen LogP contribution in [0.3, 0.4) is 0 Å². The lowest BCUT2D eigenvalue weighted by Crippen LogP contribution is -2.20. The average molecular weight is 311 g/mol. The molecule has 10 heteroatoms. The number of ether oxygens (including phenoxy) is 3. The van der Waals surface area contributed by atoms with E-state index in [1.807, 2.05) is 0 Å². The highest BCUT2D eigenvalue weighted by molar-refractivity contribution is 5.96. The van der Waals surface area contributed by atoms with Gasteiger partial charge in [-0.25, -0.2) is 4.79 Å². The van der Waals surface area contributed by atoms with Gasteiger partial charge in [0.15, 0.2) is 5.75 Å². The van der Waals surface area contributed by atoms with Gasteiger partial charge < -0.3 is 14.2 Å². The highest BCUT2D eigenvalue weighted by Gasteiger charge is 2.35. The van der Waals surface area contributed by atoms with E-state index >= 15 is 0 Å². The number of benzene rings is 1. The van der Waals surface area contributed by atoms with E-state index in [0.717, 1.165) is 13.2 Å². The number of esters is 1. The maximum absolute atomic E-state index is 12.3. The van der Waals surface area contributed by atoms with E-state index in [1.54, 1.807) is 0 Å². The SMILES string of the molecule is COC(=O)c1c(OC(F)(F)F)ccc(C#N)c1OC(F)F. The van der Waals surface area contributed by atoms with E-state index in [2.05, 4.69) is 14.2 Å². The van der Waals surface area contributed by atoms with Gasteiger partial charge in [-0.3, -0.25) is 0 Å². The van der Waals surface area contributed by atoms with Crippen molar-refractivity contribution in [1.29, 1.82) is 5.26 Å². The second kappa shape index (κ2) is 6.25. The quantitative estimate of drug-likeness (QED) is 0.632. The number of rotatable bonds is 4. The molecule has 0 amide bonds. The fraction of sp³-hybridized carbons (Fsp3) is 0.273. The number of carbonyl (C=O) groups excluding carboxylic acids is 1. The van der Waals surface area contributed by atoms with Crippen LogP contribution in [0, 0.1) is 11.3 Å². The van der Waals surface area contributed by atoms with Gasteiger partial charge in [-0.2, -0.15) is 14.0 Å². The molecule has 0 heterocycles. The summed E-state index contributed by atoms with van der Waals surface area (Å²) >= 11 is 0. The van der Waals surface area contributed by atoms with Crippen molar-refractivity contribution in [2.24, 2.45) is 0 Å². The Morgan fingerprint density at radius 3 is 2.38 bits per heavy atom. The Morgan fingerprint density at radius 2 is 1.95 bits per heavy atom. The molecule has 0 fully saturated rings. The van der Waals surface area contributed by atoms with Crippen molar-refractivity contribution >= 4 is 5.97 Å². The van der Waals surface area contributed by atoms with Crippen LogP contribution in [-0.4, -0.2) is 26.1 Å². The van der Waals surface area contributed by atoms with Gasteiger partial charge >= 0.3 is 18.9 Å². The van der Waals surface area contributed by atoms with Crippen LogP contribution in [0.4, 0.5) is 22.0 Å². The minimum atomic E-state index is -5.18. The van der Waals surface area contributed by atoms with Gasteiger partial charge in [0.05, 0.1) is 12.7 Å². The summed E-state index contributed by atoms with van der Waals surface area (Å²) in [6.45, 7) is -3.47. The number of alkyl halides is 5. The van der Waals surface area contributed by atoms with E-state index in [-0.39, 0.29) is 0 Å². The number of methoxy groups -OCH3 is 1. The zero-order valence-electron chi connectivity index (χ0n) is 10.2. The van der Waals surface area contributed by atoms with Gasteiger partial charge in [0.25, 0.3) is 0 Å². The molecule has 0 spiro atoms. The third-order valence-corrected chi connectivity index (χ3v) is 2.06. The summed E-state index contributed by atoms with van der Waals surface area (Å²) in [5, 5.41) is 8.74. The monoisotopic (exact) mass is 311 g/mol. The van der Waals surface area contributed by atoms with E-state index in [1.165, 1.54) is 6.07 Å². The Balaban J connectivity index is 3.52. The fourth-order valence-electron chi connectivity index (χ4n) is 1.37. The number of hydrogen-bond acceptors (Lipinski definition) is 5. The average Bonchev–Trinajstić information content (AvgIpc) is 2.36. The third kappa shape index (κ3) is 4.20. The normalized spacial score (nSPS) is 11.0. The van der Waals surface area contributed by atoms with Crippen molar-refractivity contribution in [1.82, 2.24) is 0 Å². The van der Waals surface area contributed by atoms with Crippen molar-refractivity contribution in [2.75, 3.05) is 7.11 Å². The molecule has 114 valence electrons. The smallest absolute Gasteiger partial charge is 0.465 e. The number of nitrogens with zero attached hydrogens (tertiary/aromatic N) is 1. The summed E-state index contributed by atoms with van der Waals surface area (Å²) in [4.78, 5) is 11.5. The number of nitriles is 1. The summed E-state index contributed by atoms with van der Waals surface area (Å²) in [6, 6.07) is 2.77. The summed E-state index contributed by atoms with van der Waals surface area (Å²) < 4.78 is 73.0. The maximum Gasteiger partial charge on any atom is 0.573 e. The molecule has 1 rings (SSSR count). The third-order valence-electron chi connectivity index (χ3n) is 2.06. The van der Waals surface area contributed by atoms with Crippen LogP contribution in [0.15, 0.2) is 12.1 Å². The molecule has 0 aliphatic carbocycles. The first kappa shape index (κ1) is 16.5. The van der Waals surface area contributed by atoms with E-state index in [4.69, 9.17) is 5.26 Å². The van der Waals surface area contributed by atoms with Crippen LogP contribution in [0.2, 0.25) is 0 Å². The first-order valence-electron chi connectivity index (χ1n) is 5.05. The standard InChI is InChI=1S/C11H6F5NO4/c1-19-9(18)7-6(21-11(14,15)16)3-2-5(4-17)8(7)20-10(12)13/h2-3,10H,1H3. The zero-order valence-corrected chi connectivity index (χ0v) is 10.2. The maximum atomic E-state index is 12.3. The molecule has 0 aliphatic rings. The van der Waals surface area contributed by atoms with Crippen LogP contribution in [-0.2, 0) is 4.74 Å². The van der Waals surface area contributed by atoms with Crippen molar-refractivity contribution in [3.8, 4) is 17.6 Å². The Labute approximate surface area is 114 Å². The van der Waals surface area contributed by atoms with Gasteiger partial charge in [-0.15, -0.1) is 13.2 Å². The summed E-state index contributed by atoms with van der Waals surface area (Å²) in [7, 11) is 0.810. The predicted octanol–water partition coefficient (Wildman–Crippen LogP) is 2.84. The highest BCUT2D eigenvalue weighted by Crippen LogP contribution is 2.36. The Kier molecular flexibility index (Phi) is 4.91. The summed E-state index contributed by atoms with van der Waals surface area (Å²) in [6.07, 6.45) is -5.18. The Morgan fingerprint density at radius 1 is 1.33 bits per heavy atom. The van der Waals surface area contributed by atoms with E-state index in [9.17, 15) is 26.7 Å². The van der Waals surface area contributed by atoms with Gasteiger partial charge in [0, 0.05) is 0 Å². The topological polar surface area (TPSA) is 68.5 Å². The fourth-order valence-corrected chi connectivity index (χ4v) is 1.37. The molecule has 0 radical (unpaired) electrons. The molecule has 21 heavy (non-hydrogen) atoms. The zero-order chi connectivity index (χ0) is 16.2. The molecule has 0 unspecified atom stereocenters. The molecule has 0 N–H and O–H groups in total. The lowest BCUT2D eigenvalue weighted by molar-refractivity contribution is -0.274. The first-order chi connectivity index (χ1) is 9.69. The van der Waals surface area contributed by atoms with Crippen LogP contribution < -0.4 is 9.47 Å². The molecule has 0 saturated carbocycles. The van der Waals surface area contributed by atoms with Crippen molar-refractivity contribution in [3.63, 3.8) is 0 Å². The largest absolute Gasteiger partial charge is 0.573 e. The second-order valence-corrected chi connectivity index (χ2v) is 3.35. The minimum Gasteiger partial charge on any atom is -0.465 e. The predicted molar refractivity (Wildman–Crippen MR) is 55.8 cm³/mol. The summed E-state index contributed by atoms with van der Waals surface area (Å²) in [5.41, 5.74) is -1.64. The summed E-state index contributed by atoms with van der Waals surface area (Å²) in [5.74, 6) is -3.60. The van der Waals surface area contributed by atoms with Crippen LogP contribution in [0.25, 0.3) is 0 Å². The molecule has 1 aromatic rings. The lowest BCUT2D eigenvalue weighted by Gasteiger charge is -2.16. The molecular formula is C11H6F5NO4. The Bertz CT molecular complexity index is 579.